The highest BCUT2D eigenvalue weighted by Crippen LogP contribution is 2.50. The highest BCUT2D eigenvalue weighted by Gasteiger charge is 2.35. The molecule has 0 spiro atoms. The standard InChI is InChI=1S/C28H24/c1-19-9-11-21(12-10-19)23-14-16-25-24-15-13-22(20-7-5-4-6-8-20)17-26(24)28(2,3)27(25)18-23/h4-18H,1-3H3. The lowest BCUT2D eigenvalue weighted by molar-refractivity contribution is 0.661. The second-order valence-electron chi connectivity index (χ2n) is 8.38. The van der Waals surface area contributed by atoms with Gasteiger partial charge in [-0.25, -0.2) is 0 Å². The molecule has 0 saturated carbocycles. The molecule has 0 bridgehead atoms. The van der Waals surface area contributed by atoms with Gasteiger partial charge in [0.25, 0.3) is 0 Å². The summed E-state index contributed by atoms with van der Waals surface area (Å²) in [6.45, 7) is 6.84. The second kappa shape index (κ2) is 6.21. The Morgan fingerprint density at radius 1 is 0.500 bits per heavy atom. The Morgan fingerprint density at radius 3 is 1.50 bits per heavy atom. The van der Waals surface area contributed by atoms with Crippen LogP contribution in [0.4, 0.5) is 0 Å². The molecule has 4 aromatic rings. The van der Waals surface area contributed by atoms with Crippen LogP contribution >= 0.6 is 0 Å². The molecule has 0 atom stereocenters. The normalized spacial score (nSPS) is 13.8. The molecule has 0 heterocycles. The molecule has 0 saturated heterocycles. The van der Waals surface area contributed by atoms with Gasteiger partial charge in [0, 0.05) is 5.41 Å². The Morgan fingerprint density at radius 2 is 0.964 bits per heavy atom. The lowest BCUT2D eigenvalue weighted by Gasteiger charge is -2.22. The van der Waals surface area contributed by atoms with Gasteiger partial charge in [-0.3, -0.25) is 0 Å². The fourth-order valence-electron chi connectivity index (χ4n) is 4.47. The van der Waals surface area contributed by atoms with Crippen molar-refractivity contribution in [2.45, 2.75) is 26.2 Å². The minimum absolute atomic E-state index is 0.00381. The van der Waals surface area contributed by atoms with Gasteiger partial charge in [-0.05, 0) is 63.6 Å². The fraction of sp³-hybridized carbons (Fsp3) is 0.143. The maximum Gasteiger partial charge on any atom is 0.0159 e. The summed E-state index contributed by atoms with van der Waals surface area (Å²) in [5.74, 6) is 0. The van der Waals surface area contributed by atoms with Gasteiger partial charge in [0.05, 0.1) is 0 Å². The summed E-state index contributed by atoms with van der Waals surface area (Å²) < 4.78 is 0. The lowest BCUT2D eigenvalue weighted by Crippen LogP contribution is -2.15. The molecule has 5 rings (SSSR count). The van der Waals surface area contributed by atoms with Crippen molar-refractivity contribution < 1.29 is 0 Å². The van der Waals surface area contributed by atoms with E-state index in [1.54, 1.807) is 0 Å². The summed E-state index contributed by atoms with van der Waals surface area (Å²) in [4.78, 5) is 0. The lowest BCUT2D eigenvalue weighted by atomic mass is 9.81. The summed E-state index contributed by atoms with van der Waals surface area (Å²) in [6.07, 6.45) is 0. The smallest absolute Gasteiger partial charge is 0.0159 e. The third-order valence-corrected chi connectivity index (χ3v) is 6.17. The number of hydrogen-bond donors (Lipinski definition) is 0. The van der Waals surface area contributed by atoms with E-state index in [1.165, 1.54) is 50.1 Å². The van der Waals surface area contributed by atoms with Gasteiger partial charge in [-0.15, -0.1) is 0 Å². The summed E-state index contributed by atoms with van der Waals surface area (Å²) in [6, 6.07) is 33.4. The first-order valence-electron chi connectivity index (χ1n) is 9.96. The van der Waals surface area contributed by atoms with Crippen molar-refractivity contribution in [1.29, 1.82) is 0 Å². The van der Waals surface area contributed by atoms with Gasteiger partial charge in [-0.1, -0.05) is 98.3 Å². The van der Waals surface area contributed by atoms with Crippen LogP contribution < -0.4 is 0 Å². The minimum Gasteiger partial charge on any atom is -0.0622 e. The van der Waals surface area contributed by atoms with E-state index in [1.807, 2.05) is 0 Å². The maximum atomic E-state index is 2.39. The van der Waals surface area contributed by atoms with E-state index in [9.17, 15) is 0 Å². The molecule has 28 heavy (non-hydrogen) atoms. The van der Waals surface area contributed by atoms with E-state index in [-0.39, 0.29) is 5.41 Å². The zero-order valence-electron chi connectivity index (χ0n) is 16.7. The Bertz CT molecular complexity index is 1160. The van der Waals surface area contributed by atoms with Crippen LogP contribution in [-0.4, -0.2) is 0 Å². The zero-order valence-corrected chi connectivity index (χ0v) is 16.7. The van der Waals surface area contributed by atoms with Crippen LogP contribution in [0.3, 0.4) is 0 Å². The van der Waals surface area contributed by atoms with Crippen molar-refractivity contribution in [2.24, 2.45) is 0 Å². The second-order valence-corrected chi connectivity index (χ2v) is 8.38. The van der Waals surface area contributed by atoms with Gasteiger partial charge in [-0.2, -0.15) is 0 Å². The highest BCUT2D eigenvalue weighted by molar-refractivity contribution is 5.85. The molecule has 0 aliphatic heterocycles. The SMILES string of the molecule is Cc1ccc(-c2ccc3c(c2)C(C)(C)c2cc(-c4ccccc4)ccc2-3)cc1. The van der Waals surface area contributed by atoms with Crippen LogP contribution in [0.1, 0.15) is 30.5 Å². The van der Waals surface area contributed by atoms with Crippen LogP contribution in [0.25, 0.3) is 33.4 Å². The fourth-order valence-corrected chi connectivity index (χ4v) is 4.47. The Balaban J connectivity index is 1.63. The van der Waals surface area contributed by atoms with Gasteiger partial charge in [0.15, 0.2) is 0 Å². The van der Waals surface area contributed by atoms with E-state index in [2.05, 4.69) is 112 Å². The van der Waals surface area contributed by atoms with Gasteiger partial charge >= 0.3 is 0 Å². The molecule has 4 aromatic carbocycles. The largest absolute Gasteiger partial charge is 0.0622 e. The number of rotatable bonds is 2. The van der Waals surface area contributed by atoms with E-state index in [0.717, 1.165) is 0 Å². The number of fused-ring (bicyclic) bond motifs is 3. The van der Waals surface area contributed by atoms with Crippen molar-refractivity contribution >= 4 is 0 Å². The summed E-state index contributed by atoms with van der Waals surface area (Å²) in [5.41, 5.74) is 12.0. The first kappa shape index (κ1) is 17.0. The van der Waals surface area contributed by atoms with Crippen LogP contribution in [0, 0.1) is 6.92 Å². The topological polar surface area (TPSA) is 0 Å². The molecular weight excluding hydrogens is 336 g/mol. The average Bonchev–Trinajstić information content (AvgIpc) is 2.96. The average molecular weight is 361 g/mol. The van der Waals surface area contributed by atoms with Crippen molar-refractivity contribution in [2.75, 3.05) is 0 Å². The van der Waals surface area contributed by atoms with E-state index in [4.69, 9.17) is 0 Å². The van der Waals surface area contributed by atoms with Gasteiger partial charge in [0.1, 0.15) is 0 Å². The third kappa shape index (κ3) is 2.60. The Labute approximate surface area is 167 Å². The third-order valence-electron chi connectivity index (χ3n) is 6.17. The molecule has 0 nitrogen and oxygen atoms in total. The number of benzene rings is 4. The van der Waals surface area contributed by atoms with E-state index >= 15 is 0 Å². The molecule has 0 radical (unpaired) electrons. The van der Waals surface area contributed by atoms with Gasteiger partial charge < -0.3 is 0 Å². The van der Waals surface area contributed by atoms with Crippen LogP contribution in [0.2, 0.25) is 0 Å². The molecule has 1 aliphatic carbocycles. The van der Waals surface area contributed by atoms with Crippen molar-refractivity contribution in [3.8, 4) is 33.4 Å². The molecular formula is C28H24. The van der Waals surface area contributed by atoms with E-state index in [0.29, 0.717) is 0 Å². The van der Waals surface area contributed by atoms with Crippen LogP contribution in [-0.2, 0) is 5.41 Å². The van der Waals surface area contributed by atoms with E-state index < -0.39 is 0 Å². The molecule has 1 aliphatic rings. The quantitative estimate of drug-likeness (QED) is 0.344. The minimum atomic E-state index is -0.00381. The molecule has 136 valence electrons. The molecule has 0 unspecified atom stereocenters. The Kier molecular flexibility index (Phi) is 3.77. The maximum absolute atomic E-state index is 2.39. The van der Waals surface area contributed by atoms with Crippen molar-refractivity contribution in [1.82, 2.24) is 0 Å². The summed E-state index contributed by atoms with van der Waals surface area (Å²) in [5, 5.41) is 0. The molecule has 0 N–H and O–H groups in total. The van der Waals surface area contributed by atoms with Crippen LogP contribution in [0.15, 0.2) is 91.0 Å². The first-order valence-corrected chi connectivity index (χ1v) is 9.96. The van der Waals surface area contributed by atoms with Crippen molar-refractivity contribution in [3.63, 3.8) is 0 Å². The van der Waals surface area contributed by atoms with Gasteiger partial charge in [0.2, 0.25) is 0 Å². The molecule has 0 aromatic heterocycles. The zero-order chi connectivity index (χ0) is 19.3. The molecule has 0 fully saturated rings. The number of aryl methyl sites for hydroxylation is 1. The first-order chi connectivity index (χ1) is 13.5. The Hall–Kier alpha value is -3.12. The monoisotopic (exact) mass is 360 g/mol. The molecule has 0 amide bonds. The van der Waals surface area contributed by atoms with Crippen molar-refractivity contribution in [3.05, 3.63) is 108 Å². The molecule has 0 heteroatoms. The predicted molar refractivity (Wildman–Crippen MR) is 120 cm³/mol. The summed E-state index contributed by atoms with van der Waals surface area (Å²) >= 11 is 0. The van der Waals surface area contributed by atoms with Crippen LogP contribution in [0.5, 0.6) is 0 Å². The predicted octanol–water partition coefficient (Wildman–Crippen LogP) is 7.64. The summed E-state index contributed by atoms with van der Waals surface area (Å²) in [7, 11) is 0. The highest BCUT2D eigenvalue weighted by atomic mass is 14.4. The number of hydrogen-bond acceptors (Lipinski definition) is 0.